The molecule has 1 aliphatic rings. The molecule has 1 aromatic rings. The fraction of sp³-hybridized carbons (Fsp3) is 0.684. The van der Waals surface area contributed by atoms with Crippen molar-refractivity contribution in [3.05, 3.63) is 29.8 Å². The van der Waals surface area contributed by atoms with Gasteiger partial charge >= 0.3 is 0 Å². The van der Waals surface area contributed by atoms with Crippen LogP contribution >= 0.6 is 0 Å². The minimum Gasteiger partial charge on any atom is -0.384 e. The Hall–Kier alpha value is -1.02. The lowest BCUT2D eigenvalue weighted by molar-refractivity contribution is 0.195. The molecular weight excluding hydrogens is 256 g/mol. The lowest BCUT2D eigenvalue weighted by Gasteiger charge is -2.29. The smallest absolute Gasteiger partial charge is 0.0340 e. The van der Waals surface area contributed by atoms with Gasteiger partial charge in [-0.1, -0.05) is 44.4 Å². The maximum absolute atomic E-state index is 3.57. The molecule has 0 aromatic heterocycles. The van der Waals surface area contributed by atoms with Crippen LogP contribution in [0, 0.1) is 12.8 Å². The van der Waals surface area contributed by atoms with E-state index in [1.807, 2.05) is 0 Å². The maximum atomic E-state index is 3.57. The lowest BCUT2D eigenvalue weighted by atomic mass is 10.1. The standard InChI is InChI=1S/C19H32N2/c1-16(2)12-14-21(19-6-4-5-7-19)15-13-20-18-10-8-17(3)9-11-18/h8-11,16,19-20H,4-7,12-15H2,1-3H3. The quantitative estimate of drug-likeness (QED) is 0.746. The van der Waals surface area contributed by atoms with E-state index in [9.17, 15) is 0 Å². The van der Waals surface area contributed by atoms with Gasteiger partial charge in [-0.05, 0) is 50.8 Å². The lowest BCUT2D eigenvalue weighted by Crippen LogP contribution is -2.38. The number of hydrogen-bond acceptors (Lipinski definition) is 2. The summed E-state index contributed by atoms with van der Waals surface area (Å²) in [6.45, 7) is 10.3. The first kappa shape index (κ1) is 16.4. The topological polar surface area (TPSA) is 15.3 Å². The van der Waals surface area contributed by atoms with Crippen LogP contribution in [0.4, 0.5) is 5.69 Å². The van der Waals surface area contributed by atoms with Crippen LogP contribution in [0.25, 0.3) is 0 Å². The molecule has 2 rings (SSSR count). The normalized spacial score (nSPS) is 16.0. The molecule has 1 aliphatic carbocycles. The van der Waals surface area contributed by atoms with E-state index in [4.69, 9.17) is 0 Å². The molecule has 0 amide bonds. The molecule has 0 spiro atoms. The highest BCUT2D eigenvalue weighted by Crippen LogP contribution is 2.24. The molecule has 0 unspecified atom stereocenters. The van der Waals surface area contributed by atoms with Gasteiger partial charge in [0.25, 0.3) is 0 Å². The van der Waals surface area contributed by atoms with E-state index in [-0.39, 0.29) is 0 Å². The summed E-state index contributed by atoms with van der Waals surface area (Å²) in [7, 11) is 0. The predicted molar refractivity (Wildman–Crippen MR) is 93.0 cm³/mol. The highest BCUT2D eigenvalue weighted by Gasteiger charge is 2.21. The van der Waals surface area contributed by atoms with Gasteiger partial charge in [-0.25, -0.2) is 0 Å². The first-order valence-electron chi connectivity index (χ1n) is 8.70. The Morgan fingerprint density at radius 1 is 1.10 bits per heavy atom. The van der Waals surface area contributed by atoms with Crippen LogP contribution in [-0.4, -0.2) is 30.6 Å². The van der Waals surface area contributed by atoms with Crippen molar-refractivity contribution in [1.82, 2.24) is 4.90 Å². The molecular formula is C19H32N2. The van der Waals surface area contributed by atoms with Gasteiger partial charge < -0.3 is 5.32 Å². The molecule has 2 heteroatoms. The SMILES string of the molecule is Cc1ccc(NCCN(CCC(C)C)C2CCCC2)cc1. The Bertz CT molecular complexity index is 391. The van der Waals surface area contributed by atoms with Crippen LogP contribution in [0.2, 0.25) is 0 Å². The van der Waals surface area contributed by atoms with Crippen LogP contribution in [0.1, 0.15) is 51.5 Å². The Kier molecular flexibility index (Phi) is 6.56. The van der Waals surface area contributed by atoms with E-state index < -0.39 is 0 Å². The molecule has 1 fully saturated rings. The van der Waals surface area contributed by atoms with E-state index in [0.29, 0.717) is 0 Å². The summed E-state index contributed by atoms with van der Waals surface area (Å²) in [6.07, 6.45) is 6.98. The zero-order valence-corrected chi connectivity index (χ0v) is 14.1. The summed E-state index contributed by atoms with van der Waals surface area (Å²) in [6, 6.07) is 9.56. The molecule has 118 valence electrons. The third kappa shape index (κ3) is 5.70. The van der Waals surface area contributed by atoms with E-state index in [1.54, 1.807) is 0 Å². The van der Waals surface area contributed by atoms with Gasteiger partial charge in [0, 0.05) is 24.8 Å². The minimum absolute atomic E-state index is 0.805. The van der Waals surface area contributed by atoms with Gasteiger partial charge in [0.2, 0.25) is 0 Å². The Morgan fingerprint density at radius 2 is 1.76 bits per heavy atom. The minimum atomic E-state index is 0.805. The molecule has 0 radical (unpaired) electrons. The van der Waals surface area contributed by atoms with Gasteiger partial charge in [-0.3, -0.25) is 4.90 Å². The number of anilines is 1. The van der Waals surface area contributed by atoms with Crippen molar-refractivity contribution in [2.75, 3.05) is 25.0 Å². The van der Waals surface area contributed by atoms with Gasteiger partial charge in [-0.15, -0.1) is 0 Å². The Morgan fingerprint density at radius 3 is 2.38 bits per heavy atom. The summed E-state index contributed by atoms with van der Waals surface area (Å²) in [4.78, 5) is 2.73. The van der Waals surface area contributed by atoms with Crippen molar-refractivity contribution < 1.29 is 0 Å². The van der Waals surface area contributed by atoms with E-state index in [2.05, 4.69) is 55.3 Å². The molecule has 0 aliphatic heterocycles. The fourth-order valence-electron chi connectivity index (χ4n) is 3.19. The Labute approximate surface area is 130 Å². The second-order valence-corrected chi connectivity index (χ2v) is 6.95. The van der Waals surface area contributed by atoms with Crippen molar-refractivity contribution in [2.45, 2.75) is 58.9 Å². The highest BCUT2D eigenvalue weighted by atomic mass is 15.2. The van der Waals surface area contributed by atoms with Crippen molar-refractivity contribution in [3.63, 3.8) is 0 Å². The zero-order valence-electron chi connectivity index (χ0n) is 14.1. The second kappa shape index (κ2) is 8.43. The molecule has 0 bridgehead atoms. The van der Waals surface area contributed by atoms with E-state index in [1.165, 1.54) is 56.4 Å². The molecule has 2 nitrogen and oxygen atoms in total. The third-order valence-corrected chi connectivity index (χ3v) is 4.61. The Balaban J connectivity index is 1.78. The first-order valence-corrected chi connectivity index (χ1v) is 8.70. The predicted octanol–water partition coefficient (Wildman–Crippen LogP) is 4.70. The van der Waals surface area contributed by atoms with Crippen LogP contribution in [0.3, 0.4) is 0 Å². The molecule has 0 atom stereocenters. The van der Waals surface area contributed by atoms with Crippen LogP contribution in [-0.2, 0) is 0 Å². The zero-order chi connectivity index (χ0) is 15.1. The van der Waals surface area contributed by atoms with Crippen molar-refractivity contribution in [1.29, 1.82) is 0 Å². The molecule has 1 N–H and O–H groups in total. The van der Waals surface area contributed by atoms with E-state index in [0.717, 1.165) is 18.5 Å². The van der Waals surface area contributed by atoms with Crippen molar-refractivity contribution >= 4 is 5.69 Å². The molecule has 21 heavy (non-hydrogen) atoms. The average molecular weight is 288 g/mol. The van der Waals surface area contributed by atoms with Gasteiger partial charge in [-0.2, -0.15) is 0 Å². The van der Waals surface area contributed by atoms with Gasteiger partial charge in [0.1, 0.15) is 0 Å². The summed E-state index contributed by atoms with van der Waals surface area (Å²) in [5.41, 5.74) is 2.57. The number of hydrogen-bond donors (Lipinski definition) is 1. The fourth-order valence-corrected chi connectivity index (χ4v) is 3.19. The summed E-state index contributed by atoms with van der Waals surface area (Å²) in [5.74, 6) is 0.805. The number of nitrogens with zero attached hydrogens (tertiary/aromatic N) is 1. The number of nitrogens with one attached hydrogen (secondary N) is 1. The van der Waals surface area contributed by atoms with Crippen LogP contribution < -0.4 is 5.32 Å². The molecule has 0 heterocycles. The number of benzene rings is 1. The highest BCUT2D eigenvalue weighted by molar-refractivity contribution is 5.44. The van der Waals surface area contributed by atoms with Crippen LogP contribution in [0.15, 0.2) is 24.3 Å². The summed E-state index contributed by atoms with van der Waals surface area (Å²) >= 11 is 0. The molecule has 1 aromatic carbocycles. The number of aryl methyl sites for hydroxylation is 1. The number of rotatable bonds is 8. The monoisotopic (exact) mass is 288 g/mol. The molecule has 0 saturated heterocycles. The van der Waals surface area contributed by atoms with Crippen molar-refractivity contribution in [3.8, 4) is 0 Å². The third-order valence-electron chi connectivity index (χ3n) is 4.61. The molecule has 1 saturated carbocycles. The maximum Gasteiger partial charge on any atom is 0.0340 e. The van der Waals surface area contributed by atoms with Gasteiger partial charge in [0.05, 0.1) is 0 Å². The van der Waals surface area contributed by atoms with Crippen molar-refractivity contribution in [2.24, 2.45) is 5.92 Å². The summed E-state index contributed by atoms with van der Waals surface area (Å²) in [5, 5.41) is 3.57. The first-order chi connectivity index (χ1) is 10.1. The average Bonchev–Trinajstić information content (AvgIpc) is 2.98. The summed E-state index contributed by atoms with van der Waals surface area (Å²) < 4.78 is 0. The van der Waals surface area contributed by atoms with E-state index >= 15 is 0 Å². The van der Waals surface area contributed by atoms with Gasteiger partial charge in [0.15, 0.2) is 0 Å². The second-order valence-electron chi connectivity index (χ2n) is 6.95. The van der Waals surface area contributed by atoms with Crippen LogP contribution in [0.5, 0.6) is 0 Å². The largest absolute Gasteiger partial charge is 0.384 e.